The normalized spacial score (nSPS) is 10.2. The third-order valence-electron chi connectivity index (χ3n) is 2.54. The second-order valence-corrected chi connectivity index (χ2v) is 4.10. The number of halogens is 1. The number of nitrogens with two attached hydrogens (primary N) is 1. The van der Waals surface area contributed by atoms with Crippen LogP contribution >= 0.6 is 11.6 Å². The van der Waals surface area contributed by atoms with Gasteiger partial charge in [0.25, 0.3) is 0 Å². The fourth-order valence-corrected chi connectivity index (χ4v) is 1.83. The molecule has 17 heavy (non-hydrogen) atoms. The average molecular weight is 249 g/mol. The minimum Gasteiger partial charge on any atom is -0.495 e. The number of nitrogen functional groups attached to an aromatic ring is 1. The number of rotatable bonds is 3. The molecule has 0 aliphatic rings. The number of hydrogen-bond donors (Lipinski definition) is 1. The van der Waals surface area contributed by atoms with Crippen LogP contribution in [-0.4, -0.2) is 12.1 Å². The van der Waals surface area contributed by atoms with Crippen LogP contribution in [0.1, 0.15) is 11.1 Å². The Morgan fingerprint density at radius 2 is 2.18 bits per heavy atom. The highest BCUT2D eigenvalue weighted by molar-refractivity contribution is 6.32. The van der Waals surface area contributed by atoms with Gasteiger partial charge in [0.05, 0.1) is 12.1 Å². The summed E-state index contributed by atoms with van der Waals surface area (Å²) in [5.41, 5.74) is 7.89. The number of ether oxygens (including phenoxy) is 1. The van der Waals surface area contributed by atoms with Crippen molar-refractivity contribution >= 4 is 17.4 Å². The van der Waals surface area contributed by atoms with E-state index in [2.05, 4.69) is 4.98 Å². The van der Waals surface area contributed by atoms with Crippen LogP contribution in [0.15, 0.2) is 36.5 Å². The van der Waals surface area contributed by atoms with Crippen LogP contribution in [0.3, 0.4) is 0 Å². The number of aromatic nitrogens is 1. The third-order valence-corrected chi connectivity index (χ3v) is 2.85. The van der Waals surface area contributed by atoms with Gasteiger partial charge in [-0.25, -0.2) is 4.98 Å². The first-order valence-corrected chi connectivity index (χ1v) is 5.60. The van der Waals surface area contributed by atoms with Gasteiger partial charge in [0.15, 0.2) is 0 Å². The minimum atomic E-state index is 0.557. The van der Waals surface area contributed by atoms with Gasteiger partial charge in [-0.1, -0.05) is 23.7 Å². The van der Waals surface area contributed by atoms with Gasteiger partial charge in [-0.15, -0.1) is 0 Å². The Morgan fingerprint density at radius 3 is 2.88 bits per heavy atom. The fraction of sp³-hybridized carbons (Fsp3) is 0.154. The minimum absolute atomic E-state index is 0.557. The number of methoxy groups -OCH3 is 1. The lowest BCUT2D eigenvalue weighted by atomic mass is 10.1. The second kappa shape index (κ2) is 5.06. The van der Waals surface area contributed by atoms with Gasteiger partial charge in [0.2, 0.25) is 0 Å². The molecular formula is C13H13ClN2O. The van der Waals surface area contributed by atoms with E-state index in [0.717, 1.165) is 11.1 Å². The Kier molecular flexibility index (Phi) is 3.49. The summed E-state index contributed by atoms with van der Waals surface area (Å²) in [6.07, 6.45) is 2.40. The molecule has 0 atom stereocenters. The van der Waals surface area contributed by atoms with Crippen LogP contribution in [0.25, 0.3) is 0 Å². The summed E-state index contributed by atoms with van der Waals surface area (Å²) in [5, 5.41) is 0.607. The second-order valence-electron chi connectivity index (χ2n) is 3.69. The Balaban J connectivity index is 2.28. The summed E-state index contributed by atoms with van der Waals surface area (Å²) in [5.74, 6) is 1.23. The lowest BCUT2D eigenvalue weighted by Crippen LogP contribution is -1.98. The van der Waals surface area contributed by atoms with E-state index < -0.39 is 0 Å². The molecule has 3 nitrogen and oxygen atoms in total. The van der Waals surface area contributed by atoms with Crippen LogP contribution in [0.5, 0.6) is 5.75 Å². The summed E-state index contributed by atoms with van der Waals surface area (Å²) in [4.78, 5) is 4.06. The maximum absolute atomic E-state index is 5.97. The van der Waals surface area contributed by atoms with Gasteiger partial charge >= 0.3 is 0 Å². The van der Waals surface area contributed by atoms with E-state index in [0.29, 0.717) is 23.0 Å². The molecule has 0 amide bonds. The number of nitrogens with zero attached hydrogens (tertiary/aromatic N) is 1. The molecule has 0 aliphatic carbocycles. The van der Waals surface area contributed by atoms with Crippen molar-refractivity contribution in [2.75, 3.05) is 12.8 Å². The van der Waals surface area contributed by atoms with Gasteiger partial charge in [0.1, 0.15) is 11.6 Å². The zero-order valence-electron chi connectivity index (χ0n) is 9.48. The third kappa shape index (κ3) is 2.68. The molecule has 1 aromatic carbocycles. The van der Waals surface area contributed by atoms with Crippen molar-refractivity contribution in [3.63, 3.8) is 0 Å². The van der Waals surface area contributed by atoms with Crippen molar-refractivity contribution in [1.29, 1.82) is 0 Å². The summed E-state index contributed by atoms with van der Waals surface area (Å²) >= 11 is 5.97. The maximum Gasteiger partial charge on any atom is 0.137 e. The molecule has 4 heteroatoms. The van der Waals surface area contributed by atoms with E-state index >= 15 is 0 Å². The molecule has 88 valence electrons. The van der Waals surface area contributed by atoms with Crippen molar-refractivity contribution in [3.8, 4) is 5.75 Å². The standard InChI is InChI=1S/C13H13ClN2O/c1-17-12-8-9(4-5-11(12)14)7-10-3-2-6-16-13(10)15/h2-6,8H,7H2,1H3,(H2,15,16). The topological polar surface area (TPSA) is 48.1 Å². The predicted octanol–water partition coefficient (Wildman–Crippen LogP) is 2.92. The molecule has 0 unspecified atom stereocenters. The van der Waals surface area contributed by atoms with E-state index in [1.54, 1.807) is 13.3 Å². The average Bonchev–Trinajstić information content (AvgIpc) is 2.34. The van der Waals surface area contributed by atoms with Crippen LogP contribution in [-0.2, 0) is 6.42 Å². The summed E-state index contributed by atoms with van der Waals surface area (Å²) < 4.78 is 5.17. The van der Waals surface area contributed by atoms with Crippen molar-refractivity contribution in [3.05, 3.63) is 52.7 Å². The first-order chi connectivity index (χ1) is 8.20. The van der Waals surface area contributed by atoms with Crippen LogP contribution < -0.4 is 10.5 Å². The molecule has 2 aromatic rings. The van der Waals surface area contributed by atoms with E-state index in [4.69, 9.17) is 22.1 Å². The Bertz CT molecular complexity index is 529. The Labute approximate surface area is 105 Å². The smallest absolute Gasteiger partial charge is 0.137 e. The molecule has 0 radical (unpaired) electrons. The number of hydrogen-bond acceptors (Lipinski definition) is 3. The monoisotopic (exact) mass is 248 g/mol. The molecule has 0 saturated heterocycles. The quantitative estimate of drug-likeness (QED) is 0.909. The van der Waals surface area contributed by atoms with Crippen molar-refractivity contribution in [1.82, 2.24) is 4.98 Å². The first-order valence-electron chi connectivity index (χ1n) is 5.22. The summed E-state index contributed by atoms with van der Waals surface area (Å²) in [7, 11) is 1.60. The lowest BCUT2D eigenvalue weighted by molar-refractivity contribution is 0.414. The van der Waals surface area contributed by atoms with Crippen molar-refractivity contribution in [2.24, 2.45) is 0 Å². The maximum atomic E-state index is 5.97. The van der Waals surface area contributed by atoms with Crippen LogP contribution in [0.2, 0.25) is 5.02 Å². The number of benzene rings is 1. The molecular weight excluding hydrogens is 236 g/mol. The van der Waals surface area contributed by atoms with Gasteiger partial charge in [-0.2, -0.15) is 0 Å². The number of anilines is 1. The van der Waals surface area contributed by atoms with Gasteiger partial charge in [-0.3, -0.25) is 0 Å². The Morgan fingerprint density at radius 1 is 1.35 bits per heavy atom. The largest absolute Gasteiger partial charge is 0.495 e. The van der Waals surface area contributed by atoms with Crippen LogP contribution in [0.4, 0.5) is 5.82 Å². The highest BCUT2D eigenvalue weighted by Gasteiger charge is 2.05. The van der Waals surface area contributed by atoms with E-state index in [-0.39, 0.29) is 0 Å². The van der Waals surface area contributed by atoms with Gasteiger partial charge < -0.3 is 10.5 Å². The predicted molar refractivity (Wildman–Crippen MR) is 69.5 cm³/mol. The zero-order valence-corrected chi connectivity index (χ0v) is 10.2. The van der Waals surface area contributed by atoms with Crippen molar-refractivity contribution in [2.45, 2.75) is 6.42 Å². The lowest BCUT2D eigenvalue weighted by Gasteiger charge is -2.07. The highest BCUT2D eigenvalue weighted by Crippen LogP contribution is 2.26. The molecule has 0 saturated carbocycles. The van der Waals surface area contributed by atoms with Gasteiger partial charge in [0, 0.05) is 12.6 Å². The van der Waals surface area contributed by atoms with E-state index in [9.17, 15) is 0 Å². The zero-order chi connectivity index (χ0) is 12.3. The molecule has 0 fully saturated rings. The summed E-state index contributed by atoms with van der Waals surface area (Å²) in [6.45, 7) is 0. The number of pyridine rings is 1. The molecule has 0 bridgehead atoms. The molecule has 1 heterocycles. The van der Waals surface area contributed by atoms with Gasteiger partial charge in [-0.05, 0) is 29.3 Å². The molecule has 2 N–H and O–H groups in total. The van der Waals surface area contributed by atoms with E-state index in [1.807, 2.05) is 30.3 Å². The Hall–Kier alpha value is -1.74. The SMILES string of the molecule is COc1cc(Cc2cccnc2N)ccc1Cl. The molecule has 0 aliphatic heterocycles. The molecule has 0 spiro atoms. The molecule has 1 aromatic heterocycles. The van der Waals surface area contributed by atoms with Crippen LogP contribution in [0, 0.1) is 0 Å². The van der Waals surface area contributed by atoms with E-state index in [1.165, 1.54) is 0 Å². The molecule has 2 rings (SSSR count). The first kappa shape index (κ1) is 11.7. The highest BCUT2D eigenvalue weighted by atomic mass is 35.5. The summed E-state index contributed by atoms with van der Waals surface area (Å²) in [6, 6.07) is 9.52. The van der Waals surface area contributed by atoms with Crippen molar-refractivity contribution < 1.29 is 4.74 Å². The fourth-order valence-electron chi connectivity index (χ4n) is 1.63.